The first kappa shape index (κ1) is 19.9. The fraction of sp³-hybridized carbons (Fsp3) is 0.632. The van der Waals surface area contributed by atoms with E-state index in [1.165, 1.54) is 0 Å². The third-order valence-corrected chi connectivity index (χ3v) is 7.09. The standard InChI is InChI=1S/C19H29N3O4S/c1-3-26-18-7-5-4-6-17(18)22-11-9-21(10-12-22)15(2)19(23)20-16-8-13-27(24,25)14-16/h4-7,15-16H,3,8-14H2,1-2H3,(H,20,23)/t15-,16-/m1/s1. The van der Waals surface area contributed by atoms with Crippen molar-refractivity contribution < 1.29 is 17.9 Å². The van der Waals surface area contributed by atoms with Crippen molar-refractivity contribution in [2.45, 2.75) is 32.4 Å². The van der Waals surface area contributed by atoms with Gasteiger partial charge in [-0.1, -0.05) is 12.1 Å². The number of anilines is 1. The van der Waals surface area contributed by atoms with Gasteiger partial charge < -0.3 is 15.0 Å². The van der Waals surface area contributed by atoms with Crippen LogP contribution in [-0.4, -0.2) is 75.6 Å². The zero-order valence-electron chi connectivity index (χ0n) is 16.1. The summed E-state index contributed by atoms with van der Waals surface area (Å²) >= 11 is 0. The van der Waals surface area contributed by atoms with Crippen molar-refractivity contribution in [2.24, 2.45) is 0 Å². The minimum Gasteiger partial charge on any atom is -0.492 e. The minimum absolute atomic E-state index is 0.0629. The summed E-state index contributed by atoms with van der Waals surface area (Å²) in [5, 5.41) is 2.91. The van der Waals surface area contributed by atoms with Gasteiger partial charge in [0, 0.05) is 32.2 Å². The molecule has 8 heteroatoms. The van der Waals surface area contributed by atoms with Crippen molar-refractivity contribution in [2.75, 3.05) is 49.2 Å². The van der Waals surface area contributed by atoms with E-state index in [4.69, 9.17) is 4.74 Å². The Balaban J connectivity index is 1.53. The number of para-hydroxylation sites is 2. The molecule has 0 saturated carbocycles. The van der Waals surface area contributed by atoms with E-state index in [1.54, 1.807) is 0 Å². The molecule has 0 radical (unpaired) electrons. The van der Waals surface area contributed by atoms with Gasteiger partial charge in [0.15, 0.2) is 9.84 Å². The summed E-state index contributed by atoms with van der Waals surface area (Å²) in [6, 6.07) is 7.52. The number of benzene rings is 1. The maximum Gasteiger partial charge on any atom is 0.237 e. The fourth-order valence-electron chi connectivity index (χ4n) is 3.74. The number of amides is 1. The number of carbonyl (C=O) groups excluding carboxylic acids is 1. The Morgan fingerprint density at radius 2 is 1.96 bits per heavy atom. The monoisotopic (exact) mass is 395 g/mol. The third kappa shape index (κ3) is 4.93. The third-order valence-electron chi connectivity index (χ3n) is 5.33. The lowest BCUT2D eigenvalue weighted by Gasteiger charge is -2.39. The molecule has 0 aliphatic carbocycles. The first-order chi connectivity index (χ1) is 12.9. The van der Waals surface area contributed by atoms with Crippen molar-refractivity contribution in [1.82, 2.24) is 10.2 Å². The average molecular weight is 396 g/mol. The highest BCUT2D eigenvalue weighted by Crippen LogP contribution is 2.29. The molecule has 1 amide bonds. The van der Waals surface area contributed by atoms with E-state index in [-0.39, 0.29) is 29.5 Å². The van der Waals surface area contributed by atoms with Crippen molar-refractivity contribution in [3.05, 3.63) is 24.3 Å². The average Bonchev–Trinajstić information content (AvgIpc) is 3.00. The van der Waals surface area contributed by atoms with E-state index >= 15 is 0 Å². The lowest BCUT2D eigenvalue weighted by molar-refractivity contribution is -0.126. The molecule has 2 aliphatic heterocycles. The van der Waals surface area contributed by atoms with Gasteiger partial charge in [-0.05, 0) is 32.4 Å². The Bertz CT molecular complexity index is 760. The predicted molar refractivity (Wildman–Crippen MR) is 106 cm³/mol. The quantitative estimate of drug-likeness (QED) is 0.771. The van der Waals surface area contributed by atoms with E-state index in [1.807, 2.05) is 32.0 Å². The van der Waals surface area contributed by atoms with Gasteiger partial charge in [0.05, 0.1) is 29.8 Å². The van der Waals surface area contributed by atoms with Gasteiger partial charge in [0.25, 0.3) is 0 Å². The van der Waals surface area contributed by atoms with E-state index < -0.39 is 9.84 Å². The smallest absolute Gasteiger partial charge is 0.237 e. The van der Waals surface area contributed by atoms with Gasteiger partial charge in [-0.25, -0.2) is 8.42 Å². The molecule has 2 fully saturated rings. The Hall–Kier alpha value is -1.80. The molecule has 2 heterocycles. The second kappa shape index (κ2) is 8.48. The van der Waals surface area contributed by atoms with E-state index in [0.29, 0.717) is 13.0 Å². The summed E-state index contributed by atoms with van der Waals surface area (Å²) in [5.41, 5.74) is 1.09. The van der Waals surface area contributed by atoms with Crippen molar-refractivity contribution in [3.8, 4) is 5.75 Å². The van der Waals surface area contributed by atoms with Gasteiger partial charge in [0.1, 0.15) is 5.75 Å². The lowest BCUT2D eigenvalue weighted by Crippen LogP contribution is -2.55. The molecule has 150 valence electrons. The maximum absolute atomic E-state index is 12.5. The molecule has 0 aromatic heterocycles. The van der Waals surface area contributed by atoms with Crippen LogP contribution < -0.4 is 15.0 Å². The molecule has 1 aromatic carbocycles. The summed E-state index contributed by atoms with van der Waals surface area (Å²) < 4.78 is 28.8. The summed E-state index contributed by atoms with van der Waals surface area (Å²) in [7, 11) is -2.99. The highest BCUT2D eigenvalue weighted by Gasteiger charge is 2.32. The van der Waals surface area contributed by atoms with Crippen LogP contribution in [0.4, 0.5) is 5.69 Å². The van der Waals surface area contributed by atoms with E-state index in [0.717, 1.165) is 37.6 Å². The number of piperazine rings is 1. The first-order valence-corrected chi connectivity index (χ1v) is 11.4. The molecular formula is C19H29N3O4S. The first-order valence-electron chi connectivity index (χ1n) is 9.61. The molecule has 1 N–H and O–H groups in total. The molecule has 7 nitrogen and oxygen atoms in total. The van der Waals surface area contributed by atoms with Gasteiger partial charge >= 0.3 is 0 Å². The largest absolute Gasteiger partial charge is 0.492 e. The van der Waals surface area contributed by atoms with Crippen LogP contribution in [0.3, 0.4) is 0 Å². The van der Waals surface area contributed by atoms with Crippen LogP contribution in [0, 0.1) is 0 Å². The molecule has 2 atom stereocenters. The highest BCUT2D eigenvalue weighted by atomic mass is 32.2. The van der Waals surface area contributed by atoms with Crippen LogP contribution in [0.15, 0.2) is 24.3 Å². The molecule has 3 rings (SSSR count). The van der Waals surface area contributed by atoms with Gasteiger partial charge in [-0.2, -0.15) is 0 Å². The summed E-state index contributed by atoms with van der Waals surface area (Å²) in [6.45, 7) is 7.69. The molecule has 2 saturated heterocycles. The Labute approximate surface area is 161 Å². The number of hydrogen-bond acceptors (Lipinski definition) is 6. The zero-order chi connectivity index (χ0) is 19.4. The van der Waals surface area contributed by atoms with Crippen LogP contribution in [0.25, 0.3) is 0 Å². The fourth-order valence-corrected chi connectivity index (χ4v) is 5.42. The number of ether oxygens (including phenoxy) is 1. The molecule has 0 spiro atoms. The molecule has 0 bridgehead atoms. The van der Waals surface area contributed by atoms with Crippen LogP contribution in [0.2, 0.25) is 0 Å². The number of sulfone groups is 1. The van der Waals surface area contributed by atoms with Crippen LogP contribution >= 0.6 is 0 Å². The number of nitrogens with zero attached hydrogens (tertiary/aromatic N) is 2. The Morgan fingerprint density at radius 1 is 1.26 bits per heavy atom. The van der Waals surface area contributed by atoms with Crippen LogP contribution in [0.5, 0.6) is 5.75 Å². The van der Waals surface area contributed by atoms with Gasteiger partial charge in [-0.3, -0.25) is 9.69 Å². The SMILES string of the molecule is CCOc1ccccc1N1CCN([C@H](C)C(=O)N[C@@H]2CCS(=O)(=O)C2)CC1. The van der Waals surface area contributed by atoms with Crippen LogP contribution in [0.1, 0.15) is 20.3 Å². The highest BCUT2D eigenvalue weighted by molar-refractivity contribution is 7.91. The van der Waals surface area contributed by atoms with Crippen molar-refractivity contribution >= 4 is 21.4 Å². The maximum atomic E-state index is 12.5. The topological polar surface area (TPSA) is 79.0 Å². The lowest BCUT2D eigenvalue weighted by atomic mass is 10.1. The summed E-state index contributed by atoms with van der Waals surface area (Å²) in [4.78, 5) is 17.0. The van der Waals surface area contributed by atoms with Crippen LogP contribution in [-0.2, 0) is 14.6 Å². The minimum atomic E-state index is -2.99. The number of carbonyl (C=O) groups is 1. The molecule has 1 aromatic rings. The molecule has 2 aliphatic rings. The second-order valence-corrected chi connectivity index (χ2v) is 9.44. The van der Waals surface area contributed by atoms with E-state index in [2.05, 4.69) is 21.2 Å². The van der Waals surface area contributed by atoms with E-state index in [9.17, 15) is 13.2 Å². The number of rotatable bonds is 6. The second-order valence-electron chi connectivity index (χ2n) is 7.21. The number of hydrogen-bond donors (Lipinski definition) is 1. The Kier molecular flexibility index (Phi) is 6.26. The molecule has 27 heavy (non-hydrogen) atoms. The molecule has 0 unspecified atom stereocenters. The summed E-state index contributed by atoms with van der Waals surface area (Å²) in [6.07, 6.45) is 0.517. The summed E-state index contributed by atoms with van der Waals surface area (Å²) in [5.74, 6) is 1.04. The van der Waals surface area contributed by atoms with Crippen molar-refractivity contribution in [3.63, 3.8) is 0 Å². The molecular weight excluding hydrogens is 366 g/mol. The van der Waals surface area contributed by atoms with Crippen molar-refractivity contribution in [1.29, 1.82) is 0 Å². The van der Waals surface area contributed by atoms with Gasteiger partial charge in [-0.15, -0.1) is 0 Å². The predicted octanol–water partition coefficient (Wildman–Crippen LogP) is 0.899. The number of nitrogens with one attached hydrogen (secondary N) is 1. The zero-order valence-corrected chi connectivity index (χ0v) is 16.9. The van der Waals surface area contributed by atoms with Gasteiger partial charge in [0.2, 0.25) is 5.91 Å². The normalized spacial score (nSPS) is 23.8. The Morgan fingerprint density at radius 3 is 2.59 bits per heavy atom.